The van der Waals surface area contributed by atoms with Crippen LogP contribution in [0.25, 0.3) is 0 Å². The number of aryl methyl sites for hydroxylation is 1. The van der Waals surface area contributed by atoms with Gasteiger partial charge in [0.15, 0.2) is 0 Å². The monoisotopic (exact) mass is 320 g/mol. The van der Waals surface area contributed by atoms with E-state index in [9.17, 15) is 9.90 Å². The molecular weight excluding hydrogens is 292 g/mol. The molecule has 0 aliphatic carbocycles. The minimum atomic E-state index is -0.0814. The third kappa shape index (κ3) is 4.03. The predicted molar refractivity (Wildman–Crippen MR) is 90.8 cm³/mol. The first-order chi connectivity index (χ1) is 11.0. The van der Waals surface area contributed by atoms with E-state index in [0.717, 1.165) is 36.9 Å². The van der Waals surface area contributed by atoms with Crippen LogP contribution in [0.5, 0.6) is 5.75 Å². The number of amides is 1. The Morgan fingerprint density at radius 3 is 2.57 bits per heavy atom. The summed E-state index contributed by atoms with van der Waals surface area (Å²) in [6, 6.07) is 4.07. The lowest BCUT2D eigenvalue weighted by Crippen LogP contribution is -2.45. The molecular formula is C18H28N2O3. The molecule has 1 saturated heterocycles. The standard InChI is InChI=1S/C18H28N2O3/c1-13-5-6-16(17(22)14(13)2)18(23)20-10-7-15(8-11-20)19(3)9-4-12-21/h5-6,15,21-22H,4,7-12H2,1-3H3. The van der Waals surface area contributed by atoms with Gasteiger partial charge in [0.05, 0.1) is 5.56 Å². The molecule has 1 heterocycles. The van der Waals surface area contributed by atoms with Crippen LogP contribution in [0.4, 0.5) is 0 Å². The number of piperidine rings is 1. The zero-order valence-electron chi connectivity index (χ0n) is 14.4. The summed E-state index contributed by atoms with van der Waals surface area (Å²) in [6.07, 6.45) is 2.64. The normalized spacial score (nSPS) is 16.1. The summed E-state index contributed by atoms with van der Waals surface area (Å²) in [5, 5.41) is 19.2. The van der Waals surface area contributed by atoms with Crippen molar-refractivity contribution in [2.75, 3.05) is 33.3 Å². The molecule has 1 aromatic carbocycles. The van der Waals surface area contributed by atoms with E-state index in [1.807, 2.05) is 24.8 Å². The number of phenols is 1. The van der Waals surface area contributed by atoms with Crippen LogP contribution in [0, 0.1) is 13.8 Å². The van der Waals surface area contributed by atoms with Crippen LogP contribution in [0.1, 0.15) is 40.7 Å². The first-order valence-electron chi connectivity index (χ1n) is 8.35. The maximum atomic E-state index is 12.7. The van der Waals surface area contributed by atoms with Crippen LogP contribution in [0.2, 0.25) is 0 Å². The van der Waals surface area contributed by atoms with Crippen molar-refractivity contribution in [1.29, 1.82) is 0 Å². The molecule has 0 spiro atoms. The maximum absolute atomic E-state index is 12.7. The van der Waals surface area contributed by atoms with Crippen molar-refractivity contribution in [2.24, 2.45) is 0 Å². The van der Waals surface area contributed by atoms with Crippen molar-refractivity contribution in [1.82, 2.24) is 9.80 Å². The fourth-order valence-electron chi connectivity index (χ4n) is 3.16. The Morgan fingerprint density at radius 2 is 1.96 bits per heavy atom. The number of rotatable bonds is 5. The van der Waals surface area contributed by atoms with Gasteiger partial charge < -0.3 is 20.0 Å². The zero-order chi connectivity index (χ0) is 17.0. The number of benzene rings is 1. The number of hydrogen-bond acceptors (Lipinski definition) is 4. The van der Waals surface area contributed by atoms with Crippen LogP contribution in [-0.4, -0.2) is 65.3 Å². The van der Waals surface area contributed by atoms with E-state index in [0.29, 0.717) is 24.7 Å². The molecule has 0 atom stereocenters. The van der Waals surface area contributed by atoms with E-state index in [1.165, 1.54) is 0 Å². The van der Waals surface area contributed by atoms with Gasteiger partial charge in [0.2, 0.25) is 0 Å². The molecule has 1 amide bonds. The predicted octanol–water partition coefficient (Wildman–Crippen LogP) is 1.93. The summed E-state index contributed by atoms with van der Waals surface area (Å²) < 4.78 is 0. The lowest BCUT2D eigenvalue weighted by molar-refractivity contribution is 0.0638. The molecule has 0 unspecified atom stereocenters. The summed E-state index contributed by atoms with van der Waals surface area (Å²) in [5.41, 5.74) is 2.16. The number of aliphatic hydroxyl groups excluding tert-OH is 1. The van der Waals surface area contributed by atoms with E-state index in [1.54, 1.807) is 6.07 Å². The van der Waals surface area contributed by atoms with Gasteiger partial charge in [0.1, 0.15) is 5.75 Å². The number of phenolic OH excluding ortho intramolecular Hbond substituents is 1. The highest BCUT2D eigenvalue weighted by atomic mass is 16.3. The smallest absolute Gasteiger partial charge is 0.257 e. The number of aromatic hydroxyl groups is 1. The molecule has 1 aliphatic rings. The van der Waals surface area contributed by atoms with E-state index in [4.69, 9.17) is 5.11 Å². The molecule has 1 fully saturated rings. The van der Waals surface area contributed by atoms with Gasteiger partial charge >= 0.3 is 0 Å². The molecule has 5 nitrogen and oxygen atoms in total. The average Bonchev–Trinajstić information content (AvgIpc) is 2.57. The highest BCUT2D eigenvalue weighted by Crippen LogP contribution is 2.27. The first-order valence-corrected chi connectivity index (χ1v) is 8.35. The summed E-state index contributed by atoms with van der Waals surface area (Å²) in [6.45, 7) is 6.28. The van der Waals surface area contributed by atoms with Gasteiger partial charge in [0, 0.05) is 32.3 Å². The van der Waals surface area contributed by atoms with Crippen molar-refractivity contribution in [2.45, 2.75) is 39.2 Å². The average molecular weight is 320 g/mol. The van der Waals surface area contributed by atoms with Crippen LogP contribution in [0.3, 0.4) is 0 Å². The molecule has 0 aromatic heterocycles. The second kappa shape index (κ2) is 7.79. The molecule has 0 radical (unpaired) electrons. The van der Waals surface area contributed by atoms with Crippen LogP contribution in [-0.2, 0) is 0 Å². The molecule has 23 heavy (non-hydrogen) atoms. The Labute approximate surface area is 138 Å². The van der Waals surface area contributed by atoms with E-state index >= 15 is 0 Å². The van der Waals surface area contributed by atoms with E-state index in [2.05, 4.69) is 11.9 Å². The number of carbonyl (C=O) groups excluding carboxylic acids is 1. The Hall–Kier alpha value is -1.59. The Balaban J connectivity index is 1.97. The summed E-state index contributed by atoms with van der Waals surface area (Å²) in [4.78, 5) is 16.8. The van der Waals surface area contributed by atoms with Crippen molar-refractivity contribution in [3.05, 3.63) is 28.8 Å². The highest BCUT2D eigenvalue weighted by molar-refractivity contribution is 5.97. The lowest BCUT2D eigenvalue weighted by Gasteiger charge is -2.37. The molecule has 0 saturated carbocycles. The largest absolute Gasteiger partial charge is 0.507 e. The Morgan fingerprint density at radius 1 is 1.30 bits per heavy atom. The van der Waals surface area contributed by atoms with Crippen molar-refractivity contribution in [3.63, 3.8) is 0 Å². The van der Waals surface area contributed by atoms with Crippen LogP contribution >= 0.6 is 0 Å². The number of hydrogen-bond donors (Lipinski definition) is 2. The van der Waals surface area contributed by atoms with Crippen molar-refractivity contribution in [3.8, 4) is 5.75 Å². The Bertz CT molecular complexity index is 551. The molecule has 128 valence electrons. The van der Waals surface area contributed by atoms with E-state index in [-0.39, 0.29) is 18.3 Å². The SMILES string of the molecule is Cc1ccc(C(=O)N2CCC(N(C)CCCO)CC2)c(O)c1C. The molecule has 2 N–H and O–H groups in total. The number of nitrogens with zero attached hydrogens (tertiary/aromatic N) is 2. The van der Waals surface area contributed by atoms with Gasteiger partial charge in [-0.2, -0.15) is 0 Å². The first kappa shape index (κ1) is 17.8. The third-order valence-electron chi connectivity index (χ3n) is 4.98. The van der Waals surface area contributed by atoms with Crippen LogP contribution < -0.4 is 0 Å². The van der Waals surface area contributed by atoms with Crippen molar-refractivity contribution < 1.29 is 15.0 Å². The maximum Gasteiger partial charge on any atom is 0.257 e. The fraction of sp³-hybridized carbons (Fsp3) is 0.611. The molecule has 1 aliphatic heterocycles. The number of carbonyl (C=O) groups is 1. The minimum absolute atomic E-state index is 0.0814. The van der Waals surface area contributed by atoms with Crippen LogP contribution in [0.15, 0.2) is 12.1 Å². The lowest BCUT2D eigenvalue weighted by atomic mass is 10.00. The van der Waals surface area contributed by atoms with Gasteiger partial charge in [-0.3, -0.25) is 4.79 Å². The molecule has 0 bridgehead atoms. The summed E-state index contributed by atoms with van der Waals surface area (Å²) in [5.74, 6) is 0.0271. The number of aliphatic hydroxyl groups is 1. The summed E-state index contributed by atoms with van der Waals surface area (Å²) >= 11 is 0. The number of likely N-dealkylation sites (tertiary alicyclic amines) is 1. The topological polar surface area (TPSA) is 64.0 Å². The highest BCUT2D eigenvalue weighted by Gasteiger charge is 2.27. The second-order valence-electron chi connectivity index (χ2n) is 6.48. The van der Waals surface area contributed by atoms with Gasteiger partial charge in [-0.05, 0) is 57.4 Å². The minimum Gasteiger partial charge on any atom is -0.507 e. The zero-order valence-corrected chi connectivity index (χ0v) is 14.4. The van der Waals surface area contributed by atoms with Gasteiger partial charge in [-0.25, -0.2) is 0 Å². The molecule has 2 rings (SSSR count). The fourth-order valence-corrected chi connectivity index (χ4v) is 3.16. The van der Waals surface area contributed by atoms with Gasteiger partial charge in [0.25, 0.3) is 5.91 Å². The van der Waals surface area contributed by atoms with Gasteiger partial charge in [-0.1, -0.05) is 6.07 Å². The van der Waals surface area contributed by atoms with Gasteiger partial charge in [-0.15, -0.1) is 0 Å². The molecule has 5 heteroatoms. The quantitative estimate of drug-likeness (QED) is 0.870. The summed E-state index contributed by atoms with van der Waals surface area (Å²) in [7, 11) is 2.08. The third-order valence-corrected chi connectivity index (χ3v) is 4.98. The molecule has 1 aromatic rings. The Kier molecular flexibility index (Phi) is 6.02. The second-order valence-corrected chi connectivity index (χ2v) is 6.48. The van der Waals surface area contributed by atoms with Crippen molar-refractivity contribution >= 4 is 5.91 Å². The van der Waals surface area contributed by atoms with E-state index < -0.39 is 0 Å².